The maximum atomic E-state index is 13.8. The largest absolute Gasteiger partial charge is 0.304 e. The third-order valence-corrected chi connectivity index (χ3v) is 6.46. The third-order valence-electron chi connectivity index (χ3n) is 5.95. The summed E-state index contributed by atoms with van der Waals surface area (Å²) in [5, 5.41) is 1.22. The number of halogens is 4. The van der Waals surface area contributed by atoms with Gasteiger partial charge in [0.15, 0.2) is 11.6 Å². The lowest BCUT2D eigenvalue weighted by Gasteiger charge is -2.45. The Hall–Kier alpha value is -2.43. The lowest BCUT2D eigenvalue weighted by Crippen LogP contribution is -2.50. The number of nitrogens with zero attached hydrogens (tertiary/aromatic N) is 1. The van der Waals surface area contributed by atoms with E-state index >= 15 is 0 Å². The first-order valence-corrected chi connectivity index (χ1v) is 10.8. The van der Waals surface area contributed by atoms with E-state index in [0.29, 0.717) is 28.5 Å². The molecule has 0 radical (unpaired) electrons. The minimum absolute atomic E-state index is 0.0641. The number of hydrogen-bond donors (Lipinski definition) is 0. The lowest BCUT2D eigenvalue weighted by molar-refractivity contribution is -0.130. The van der Waals surface area contributed by atoms with Crippen molar-refractivity contribution in [2.24, 2.45) is 5.41 Å². The van der Waals surface area contributed by atoms with Gasteiger partial charge >= 0.3 is 0 Å². The van der Waals surface area contributed by atoms with Gasteiger partial charge in [0.1, 0.15) is 0 Å². The molecule has 2 atom stereocenters. The van der Waals surface area contributed by atoms with Crippen LogP contribution in [-0.2, 0) is 11.2 Å². The predicted octanol–water partition coefficient (Wildman–Crippen LogP) is 7.39. The Morgan fingerprint density at radius 3 is 2.16 bits per heavy atom. The average molecular weight is 460 g/mol. The Morgan fingerprint density at radius 2 is 1.55 bits per heavy atom. The van der Waals surface area contributed by atoms with E-state index in [1.807, 2.05) is 43.3 Å². The normalized spacial score (nSPS) is 21.4. The van der Waals surface area contributed by atoms with Crippen LogP contribution in [0.3, 0.4) is 0 Å². The number of amides is 1. The molecule has 0 bridgehead atoms. The second-order valence-electron chi connectivity index (χ2n) is 8.24. The highest BCUT2D eigenvalue weighted by atomic mass is 35.5. The van der Waals surface area contributed by atoms with Crippen LogP contribution < -0.4 is 4.90 Å². The molecule has 3 aromatic carbocycles. The van der Waals surface area contributed by atoms with E-state index in [1.165, 1.54) is 12.1 Å². The monoisotopic (exact) mass is 459 g/mol. The van der Waals surface area contributed by atoms with Gasteiger partial charge in [-0.15, -0.1) is 0 Å². The van der Waals surface area contributed by atoms with Crippen LogP contribution in [0.2, 0.25) is 10.0 Å². The van der Waals surface area contributed by atoms with Gasteiger partial charge in [0.2, 0.25) is 5.91 Å². The number of hydrogen-bond acceptors (Lipinski definition) is 1. The Balaban J connectivity index is 1.71. The molecule has 0 saturated carbocycles. The summed E-state index contributed by atoms with van der Waals surface area (Å²) in [5.74, 6) is -1.86. The van der Waals surface area contributed by atoms with Gasteiger partial charge in [0, 0.05) is 15.7 Å². The van der Waals surface area contributed by atoms with E-state index in [0.717, 1.165) is 23.7 Å². The summed E-state index contributed by atoms with van der Waals surface area (Å²) in [5.41, 5.74) is 1.57. The van der Waals surface area contributed by atoms with Crippen molar-refractivity contribution in [3.63, 3.8) is 0 Å². The lowest BCUT2D eigenvalue weighted by atomic mass is 9.73. The molecule has 0 unspecified atom stereocenters. The molecule has 1 aliphatic rings. The van der Waals surface area contributed by atoms with Crippen LogP contribution in [0.4, 0.5) is 14.5 Å². The Labute approximate surface area is 190 Å². The molecule has 1 fully saturated rings. The second kappa shape index (κ2) is 8.60. The van der Waals surface area contributed by atoms with Crippen molar-refractivity contribution in [2.45, 2.75) is 32.2 Å². The van der Waals surface area contributed by atoms with Gasteiger partial charge in [0.25, 0.3) is 0 Å². The smallest absolute Gasteiger partial charge is 0.233 e. The van der Waals surface area contributed by atoms with Gasteiger partial charge in [-0.1, -0.05) is 48.3 Å². The number of benzene rings is 3. The fourth-order valence-electron chi connectivity index (χ4n) is 4.29. The molecule has 160 valence electrons. The van der Waals surface area contributed by atoms with Crippen LogP contribution in [0, 0.1) is 17.0 Å². The van der Waals surface area contributed by atoms with E-state index in [4.69, 9.17) is 23.2 Å². The number of piperidine rings is 1. The zero-order valence-corrected chi connectivity index (χ0v) is 18.4. The van der Waals surface area contributed by atoms with Gasteiger partial charge < -0.3 is 4.90 Å². The Kier molecular flexibility index (Phi) is 6.05. The zero-order chi connectivity index (χ0) is 22.2. The molecule has 0 aliphatic carbocycles. The Bertz CT molecular complexity index is 1100. The second-order valence-corrected chi connectivity index (χ2v) is 9.12. The number of carbonyl (C=O) groups is 1. The molecule has 4 rings (SSSR count). The molecule has 0 aromatic heterocycles. The molecule has 1 saturated heterocycles. The molecular weight excluding hydrogens is 439 g/mol. The highest BCUT2D eigenvalue weighted by molar-refractivity contribution is 6.30. The summed E-state index contributed by atoms with van der Waals surface area (Å²) in [6.07, 6.45) is 1.65. The van der Waals surface area contributed by atoms with E-state index in [9.17, 15) is 13.6 Å². The van der Waals surface area contributed by atoms with Crippen molar-refractivity contribution in [1.29, 1.82) is 0 Å². The predicted molar refractivity (Wildman–Crippen MR) is 121 cm³/mol. The van der Waals surface area contributed by atoms with Gasteiger partial charge in [-0.3, -0.25) is 4.79 Å². The average Bonchev–Trinajstić information content (AvgIpc) is 2.74. The molecular formula is C25H21Cl2F2NO. The fraction of sp³-hybridized carbons (Fsp3) is 0.240. The molecule has 6 heteroatoms. The molecule has 1 amide bonds. The summed E-state index contributed by atoms with van der Waals surface area (Å²) in [6.45, 7) is 1.89. The van der Waals surface area contributed by atoms with Crippen LogP contribution in [0.15, 0.2) is 66.7 Å². The van der Waals surface area contributed by atoms with Crippen molar-refractivity contribution < 1.29 is 13.6 Å². The van der Waals surface area contributed by atoms with Crippen LogP contribution >= 0.6 is 23.2 Å². The van der Waals surface area contributed by atoms with Crippen LogP contribution in [0.25, 0.3) is 0 Å². The maximum absolute atomic E-state index is 13.8. The first-order valence-electron chi connectivity index (χ1n) is 10.1. The molecule has 1 aliphatic heterocycles. The fourth-order valence-corrected chi connectivity index (χ4v) is 4.54. The first kappa shape index (κ1) is 21.8. The van der Waals surface area contributed by atoms with Crippen molar-refractivity contribution >= 4 is 34.8 Å². The minimum Gasteiger partial charge on any atom is -0.304 e. The summed E-state index contributed by atoms with van der Waals surface area (Å²) in [4.78, 5) is 15.6. The Morgan fingerprint density at radius 1 is 0.935 bits per heavy atom. The van der Waals surface area contributed by atoms with Gasteiger partial charge in [0.05, 0.1) is 11.5 Å². The first-order chi connectivity index (χ1) is 14.8. The molecule has 2 nitrogen and oxygen atoms in total. The summed E-state index contributed by atoms with van der Waals surface area (Å²) < 4.78 is 27.1. The van der Waals surface area contributed by atoms with Crippen LogP contribution in [0.1, 0.15) is 36.9 Å². The summed E-state index contributed by atoms with van der Waals surface area (Å²) in [6, 6.07) is 18.3. The molecule has 31 heavy (non-hydrogen) atoms. The maximum Gasteiger partial charge on any atom is 0.233 e. The SMILES string of the molecule is C[C@@]1(Cc2ccc(F)c(F)c2)CC[C@@H](c2ccc(Cl)cc2)N(c2ccc(Cl)cc2)C1=O. The number of rotatable bonds is 4. The van der Waals surface area contributed by atoms with Crippen molar-refractivity contribution in [3.8, 4) is 0 Å². The van der Waals surface area contributed by atoms with E-state index in [-0.39, 0.29) is 11.9 Å². The van der Waals surface area contributed by atoms with Crippen LogP contribution in [0.5, 0.6) is 0 Å². The van der Waals surface area contributed by atoms with Gasteiger partial charge in [-0.2, -0.15) is 0 Å². The van der Waals surface area contributed by atoms with E-state index in [2.05, 4.69) is 0 Å². The third kappa shape index (κ3) is 4.46. The number of anilines is 1. The molecule has 0 N–H and O–H groups in total. The topological polar surface area (TPSA) is 20.3 Å². The van der Waals surface area contributed by atoms with Crippen LogP contribution in [-0.4, -0.2) is 5.91 Å². The van der Waals surface area contributed by atoms with Gasteiger partial charge in [-0.05, 0) is 78.9 Å². The van der Waals surface area contributed by atoms with Crippen molar-refractivity contribution in [3.05, 3.63) is 99.5 Å². The minimum atomic E-state index is -0.905. The summed E-state index contributed by atoms with van der Waals surface area (Å²) >= 11 is 12.1. The quantitative estimate of drug-likeness (QED) is 0.398. The van der Waals surface area contributed by atoms with E-state index in [1.54, 1.807) is 17.0 Å². The highest BCUT2D eigenvalue weighted by Gasteiger charge is 2.45. The number of carbonyl (C=O) groups excluding carboxylic acids is 1. The molecule has 3 aromatic rings. The van der Waals surface area contributed by atoms with E-state index < -0.39 is 17.0 Å². The zero-order valence-electron chi connectivity index (χ0n) is 16.9. The standard InChI is InChI=1S/C25H21Cl2F2NO/c1-25(15-16-2-11-21(28)22(29)14-16)13-12-23(17-3-5-18(26)6-4-17)30(24(25)31)20-9-7-19(27)8-10-20/h2-11,14,23H,12-13,15H2,1H3/t23-,25-/m0/s1. The summed E-state index contributed by atoms with van der Waals surface area (Å²) in [7, 11) is 0. The molecule has 0 spiro atoms. The van der Waals surface area contributed by atoms with Crippen molar-refractivity contribution in [2.75, 3.05) is 4.90 Å². The van der Waals surface area contributed by atoms with Crippen molar-refractivity contribution in [1.82, 2.24) is 0 Å². The molecule has 1 heterocycles. The highest BCUT2D eigenvalue weighted by Crippen LogP contribution is 2.45. The van der Waals surface area contributed by atoms with Gasteiger partial charge in [-0.25, -0.2) is 8.78 Å².